The van der Waals surface area contributed by atoms with Crippen LogP contribution in [0.4, 0.5) is 5.69 Å². The molecule has 4 nitrogen and oxygen atoms in total. The Kier molecular flexibility index (Phi) is 3.51. The van der Waals surface area contributed by atoms with Crippen LogP contribution in [-0.2, 0) is 4.79 Å². The molecule has 1 aliphatic rings. The van der Waals surface area contributed by atoms with Gasteiger partial charge < -0.3 is 10.0 Å². The van der Waals surface area contributed by atoms with Gasteiger partial charge in [-0.15, -0.1) is 11.6 Å². The Morgan fingerprint density at radius 3 is 2.76 bits per heavy atom. The van der Waals surface area contributed by atoms with Gasteiger partial charge in [0.05, 0.1) is 29.8 Å². The SMILES string of the molecule is O=C1C(=O)N(CC(O)CCl)c2ccc(Br)cc21. The molecule has 1 aromatic carbocycles. The largest absolute Gasteiger partial charge is 0.390 e. The first-order valence-electron chi connectivity index (χ1n) is 4.94. The lowest BCUT2D eigenvalue weighted by atomic mass is 10.1. The monoisotopic (exact) mass is 317 g/mol. The number of Topliss-reactive ketones (excluding diaryl/α,β-unsaturated/α-hetero) is 1. The van der Waals surface area contributed by atoms with E-state index >= 15 is 0 Å². The van der Waals surface area contributed by atoms with Crippen LogP contribution in [0.5, 0.6) is 0 Å². The zero-order valence-electron chi connectivity index (χ0n) is 8.69. The minimum absolute atomic E-state index is 0.0177. The summed E-state index contributed by atoms with van der Waals surface area (Å²) in [6, 6.07) is 5.01. The molecular weight excluding hydrogens is 309 g/mol. The Morgan fingerprint density at radius 2 is 2.12 bits per heavy atom. The van der Waals surface area contributed by atoms with Crippen molar-refractivity contribution in [3.05, 3.63) is 28.2 Å². The van der Waals surface area contributed by atoms with Crippen molar-refractivity contribution in [2.45, 2.75) is 6.10 Å². The first kappa shape index (κ1) is 12.5. The third-order valence-electron chi connectivity index (χ3n) is 2.50. The molecule has 17 heavy (non-hydrogen) atoms. The molecule has 2 rings (SSSR count). The van der Waals surface area contributed by atoms with E-state index in [4.69, 9.17) is 11.6 Å². The van der Waals surface area contributed by atoms with Crippen molar-refractivity contribution in [2.75, 3.05) is 17.3 Å². The number of carbonyl (C=O) groups excluding carboxylic acids is 2. The molecule has 1 aromatic rings. The molecule has 1 amide bonds. The summed E-state index contributed by atoms with van der Waals surface area (Å²) < 4.78 is 0.733. The molecule has 6 heteroatoms. The number of nitrogens with zero attached hydrogens (tertiary/aromatic N) is 1. The Balaban J connectivity index is 2.38. The van der Waals surface area contributed by atoms with Crippen LogP contribution in [0.3, 0.4) is 0 Å². The molecule has 90 valence electrons. The predicted molar refractivity (Wildman–Crippen MR) is 67.6 cm³/mol. The molecule has 0 bridgehead atoms. The highest BCUT2D eigenvalue weighted by Gasteiger charge is 2.36. The zero-order valence-corrected chi connectivity index (χ0v) is 11.0. The van der Waals surface area contributed by atoms with E-state index in [9.17, 15) is 14.7 Å². The molecule has 1 heterocycles. The summed E-state index contributed by atoms with van der Waals surface area (Å²) in [5.74, 6) is -1.16. The second-order valence-corrected chi connectivity index (χ2v) is 4.94. The second-order valence-electron chi connectivity index (χ2n) is 3.71. The van der Waals surface area contributed by atoms with Crippen LogP contribution >= 0.6 is 27.5 Å². The van der Waals surface area contributed by atoms with Gasteiger partial charge in [0.15, 0.2) is 0 Å². The molecule has 0 aliphatic carbocycles. The topological polar surface area (TPSA) is 57.6 Å². The van der Waals surface area contributed by atoms with Gasteiger partial charge in [0, 0.05) is 4.47 Å². The van der Waals surface area contributed by atoms with Crippen molar-refractivity contribution in [2.24, 2.45) is 0 Å². The lowest BCUT2D eigenvalue weighted by Crippen LogP contribution is -2.37. The highest BCUT2D eigenvalue weighted by Crippen LogP contribution is 2.31. The number of hydrogen-bond acceptors (Lipinski definition) is 3. The lowest BCUT2D eigenvalue weighted by molar-refractivity contribution is -0.114. The Bertz CT molecular complexity index is 492. The maximum atomic E-state index is 11.7. The fourth-order valence-electron chi connectivity index (χ4n) is 1.71. The smallest absolute Gasteiger partial charge is 0.299 e. The summed E-state index contributed by atoms with van der Waals surface area (Å²) in [6.07, 6.45) is -0.844. The summed E-state index contributed by atoms with van der Waals surface area (Å²) >= 11 is 8.73. The molecule has 0 spiro atoms. The van der Waals surface area contributed by atoms with E-state index in [1.807, 2.05) is 0 Å². The number of fused-ring (bicyclic) bond motifs is 1. The molecule has 1 aliphatic heterocycles. The Morgan fingerprint density at radius 1 is 1.41 bits per heavy atom. The van der Waals surface area contributed by atoms with Gasteiger partial charge in [-0.25, -0.2) is 0 Å². The number of β-amino-alcohol motifs (C(OH)–C–C–N with tert-alkyl or cyclic N) is 1. The molecule has 0 radical (unpaired) electrons. The van der Waals surface area contributed by atoms with Gasteiger partial charge in [-0.2, -0.15) is 0 Å². The van der Waals surface area contributed by atoms with Crippen LogP contribution in [0.1, 0.15) is 10.4 Å². The number of amides is 1. The number of ketones is 1. The van der Waals surface area contributed by atoms with Gasteiger partial charge in [0.25, 0.3) is 11.7 Å². The van der Waals surface area contributed by atoms with Crippen LogP contribution in [-0.4, -0.2) is 35.3 Å². The van der Waals surface area contributed by atoms with Crippen molar-refractivity contribution in [1.29, 1.82) is 0 Å². The van der Waals surface area contributed by atoms with Crippen molar-refractivity contribution in [1.82, 2.24) is 0 Å². The van der Waals surface area contributed by atoms with Crippen molar-refractivity contribution in [3.63, 3.8) is 0 Å². The molecular formula is C11H9BrClNO3. The van der Waals surface area contributed by atoms with Crippen LogP contribution in [0, 0.1) is 0 Å². The highest BCUT2D eigenvalue weighted by atomic mass is 79.9. The Labute approximate surface area is 111 Å². The van der Waals surface area contributed by atoms with E-state index in [1.54, 1.807) is 18.2 Å². The zero-order chi connectivity index (χ0) is 12.6. The van der Waals surface area contributed by atoms with E-state index < -0.39 is 17.8 Å². The first-order chi connectivity index (χ1) is 8.04. The fraction of sp³-hybridized carbons (Fsp3) is 0.273. The minimum Gasteiger partial charge on any atom is -0.390 e. The van der Waals surface area contributed by atoms with Crippen LogP contribution in [0.25, 0.3) is 0 Å². The number of aliphatic hydroxyl groups excluding tert-OH is 1. The predicted octanol–water partition coefficient (Wildman–Crippen LogP) is 1.58. The number of carbonyl (C=O) groups is 2. The van der Waals surface area contributed by atoms with E-state index in [-0.39, 0.29) is 12.4 Å². The van der Waals surface area contributed by atoms with E-state index in [1.165, 1.54) is 4.90 Å². The van der Waals surface area contributed by atoms with Gasteiger partial charge in [-0.1, -0.05) is 15.9 Å². The van der Waals surface area contributed by atoms with Gasteiger partial charge in [-0.3, -0.25) is 9.59 Å². The summed E-state index contributed by atoms with van der Waals surface area (Å²) in [5, 5.41) is 9.46. The van der Waals surface area contributed by atoms with Crippen LogP contribution in [0.2, 0.25) is 0 Å². The summed E-state index contributed by atoms with van der Waals surface area (Å²) in [4.78, 5) is 24.7. The minimum atomic E-state index is -0.844. The van der Waals surface area contributed by atoms with Crippen LogP contribution < -0.4 is 4.90 Å². The molecule has 0 saturated heterocycles. The summed E-state index contributed by atoms with van der Waals surface area (Å²) in [6.45, 7) is 0.0305. The molecule has 1 N–H and O–H groups in total. The highest BCUT2D eigenvalue weighted by molar-refractivity contribution is 9.10. The van der Waals surface area contributed by atoms with Gasteiger partial charge in [-0.05, 0) is 18.2 Å². The molecule has 0 saturated carbocycles. The molecule has 1 atom stereocenters. The van der Waals surface area contributed by atoms with Gasteiger partial charge in [0.2, 0.25) is 0 Å². The Hall–Kier alpha value is -0.910. The van der Waals surface area contributed by atoms with Crippen molar-refractivity contribution >= 4 is 44.9 Å². The average molecular weight is 319 g/mol. The number of aliphatic hydroxyl groups is 1. The standard InChI is InChI=1S/C11H9BrClNO3/c12-6-1-2-9-8(3-6)10(16)11(17)14(9)5-7(15)4-13/h1-3,7,15H,4-5H2. The lowest BCUT2D eigenvalue weighted by Gasteiger charge is -2.18. The third-order valence-corrected chi connectivity index (χ3v) is 3.35. The van der Waals surface area contributed by atoms with E-state index in [0.29, 0.717) is 11.3 Å². The van der Waals surface area contributed by atoms with Crippen molar-refractivity contribution < 1.29 is 14.7 Å². The molecule has 1 unspecified atom stereocenters. The normalized spacial score (nSPS) is 16.3. The van der Waals surface area contributed by atoms with E-state index in [0.717, 1.165) is 4.47 Å². The number of hydrogen-bond donors (Lipinski definition) is 1. The van der Waals surface area contributed by atoms with Gasteiger partial charge >= 0.3 is 0 Å². The van der Waals surface area contributed by atoms with Gasteiger partial charge in [0.1, 0.15) is 0 Å². The van der Waals surface area contributed by atoms with E-state index in [2.05, 4.69) is 15.9 Å². The summed E-state index contributed by atoms with van der Waals surface area (Å²) in [5.41, 5.74) is 0.874. The number of halogens is 2. The van der Waals surface area contributed by atoms with Crippen LogP contribution in [0.15, 0.2) is 22.7 Å². The third kappa shape index (κ3) is 2.22. The maximum absolute atomic E-state index is 11.7. The van der Waals surface area contributed by atoms with Crippen molar-refractivity contribution in [3.8, 4) is 0 Å². The first-order valence-corrected chi connectivity index (χ1v) is 6.27. The average Bonchev–Trinajstić information content (AvgIpc) is 2.54. The quantitative estimate of drug-likeness (QED) is 0.680. The number of alkyl halides is 1. The molecule has 0 aromatic heterocycles. The number of anilines is 1. The molecule has 0 fully saturated rings. The maximum Gasteiger partial charge on any atom is 0.299 e. The summed E-state index contributed by atoms with van der Waals surface area (Å²) in [7, 11) is 0. The second kappa shape index (κ2) is 4.76. The fourth-order valence-corrected chi connectivity index (χ4v) is 2.17. The number of benzene rings is 1. The number of rotatable bonds is 3.